The van der Waals surface area contributed by atoms with Crippen LogP contribution in [0.5, 0.6) is 0 Å². The molecule has 0 N–H and O–H groups in total. The second kappa shape index (κ2) is 3.41. The van der Waals surface area contributed by atoms with Crippen molar-refractivity contribution in [2.75, 3.05) is 0 Å². The normalized spacial score (nSPS) is 24.7. The lowest BCUT2D eigenvalue weighted by atomic mass is 10.00. The molecule has 4 rings (SSSR count). The zero-order valence-corrected chi connectivity index (χ0v) is 10.8. The maximum absolute atomic E-state index is 4.87. The third-order valence-corrected chi connectivity index (χ3v) is 4.36. The molecule has 0 aliphatic heterocycles. The highest BCUT2D eigenvalue weighted by Gasteiger charge is 2.44. The Morgan fingerprint density at radius 1 is 0.944 bits per heavy atom. The van der Waals surface area contributed by atoms with Gasteiger partial charge in [-0.1, -0.05) is 23.3 Å². The van der Waals surface area contributed by atoms with E-state index in [1.807, 2.05) is 12.1 Å². The summed E-state index contributed by atoms with van der Waals surface area (Å²) in [6.07, 6.45) is 2.51. The molecule has 2 bridgehead atoms. The summed E-state index contributed by atoms with van der Waals surface area (Å²) in [6, 6.07) is 8.21. The average molecular weight is 236 g/mol. The molecule has 2 nitrogen and oxygen atoms in total. The van der Waals surface area contributed by atoms with Crippen LogP contribution in [0.15, 0.2) is 35.4 Å². The van der Waals surface area contributed by atoms with Gasteiger partial charge in [0.15, 0.2) is 0 Å². The van der Waals surface area contributed by atoms with Gasteiger partial charge >= 0.3 is 0 Å². The third kappa shape index (κ3) is 1.18. The number of hydrogen-bond acceptors (Lipinski definition) is 2. The topological polar surface area (TPSA) is 25.8 Å². The van der Waals surface area contributed by atoms with Crippen molar-refractivity contribution >= 4 is 11.0 Å². The second-order valence-corrected chi connectivity index (χ2v) is 5.62. The SMILES string of the molecule is CC(C)=C1C2CCC1c1nc3ccccc3nc12. The zero-order chi connectivity index (χ0) is 12.3. The minimum Gasteiger partial charge on any atom is -0.249 e. The molecule has 1 heterocycles. The van der Waals surface area contributed by atoms with Crippen molar-refractivity contribution < 1.29 is 0 Å². The molecule has 1 aromatic heterocycles. The van der Waals surface area contributed by atoms with E-state index in [-0.39, 0.29) is 0 Å². The Hall–Kier alpha value is -1.70. The van der Waals surface area contributed by atoms with Crippen molar-refractivity contribution in [3.63, 3.8) is 0 Å². The van der Waals surface area contributed by atoms with Crippen LogP contribution in [0.25, 0.3) is 11.0 Å². The van der Waals surface area contributed by atoms with Gasteiger partial charge in [0.1, 0.15) is 0 Å². The highest BCUT2D eigenvalue weighted by atomic mass is 14.9. The van der Waals surface area contributed by atoms with Crippen LogP contribution in [0.3, 0.4) is 0 Å². The molecule has 2 aliphatic rings. The van der Waals surface area contributed by atoms with Crippen LogP contribution < -0.4 is 0 Å². The van der Waals surface area contributed by atoms with E-state index in [0.717, 1.165) is 11.0 Å². The van der Waals surface area contributed by atoms with E-state index in [9.17, 15) is 0 Å². The summed E-state index contributed by atoms with van der Waals surface area (Å²) in [4.78, 5) is 9.75. The van der Waals surface area contributed by atoms with Crippen LogP contribution in [0, 0.1) is 0 Å². The molecule has 2 atom stereocenters. The Balaban J connectivity index is 2.02. The van der Waals surface area contributed by atoms with Crippen LogP contribution in [-0.2, 0) is 0 Å². The van der Waals surface area contributed by atoms with Crippen LogP contribution in [0.1, 0.15) is 49.9 Å². The van der Waals surface area contributed by atoms with E-state index in [1.165, 1.54) is 29.8 Å². The van der Waals surface area contributed by atoms with Gasteiger partial charge in [-0.2, -0.15) is 0 Å². The summed E-state index contributed by atoms with van der Waals surface area (Å²) >= 11 is 0. The lowest BCUT2D eigenvalue weighted by Crippen LogP contribution is -2.04. The van der Waals surface area contributed by atoms with E-state index in [1.54, 1.807) is 5.57 Å². The largest absolute Gasteiger partial charge is 0.249 e. The van der Waals surface area contributed by atoms with Crippen LogP contribution >= 0.6 is 0 Å². The summed E-state index contributed by atoms with van der Waals surface area (Å²) < 4.78 is 0. The highest BCUT2D eigenvalue weighted by Crippen LogP contribution is 2.56. The van der Waals surface area contributed by atoms with Gasteiger partial charge in [0.2, 0.25) is 0 Å². The van der Waals surface area contributed by atoms with Crippen LogP contribution in [-0.4, -0.2) is 9.97 Å². The van der Waals surface area contributed by atoms with E-state index in [4.69, 9.17) is 9.97 Å². The predicted octanol–water partition coefficient (Wildman–Crippen LogP) is 3.94. The molecule has 0 amide bonds. The van der Waals surface area contributed by atoms with E-state index in [0.29, 0.717) is 11.8 Å². The molecular weight excluding hydrogens is 220 g/mol. The molecule has 2 heteroatoms. The monoisotopic (exact) mass is 236 g/mol. The minimum atomic E-state index is 0.548. The average Bonchev–Trinajstić information content (AvgIpc) is 2.93. The fourth-order valence-corrected chi connectivity index (χ4v) is 3.69. The second-order valence-electron chi connectivity index (χ2n) is 5.62. The summed E-state index contributed by atoms with van der Waals surface area (Å²) in [5.74, 6) is 1.10. The van der Waals surface area contributed by atoms with E-state index in [2.05, 4.69) is 26.0 Å². The number of benzene rings is 1. The van der Waals surface area contributed by atoms with Gasteiger partial charge in [-0.05, 0) is 38.8 Å². The number of hydrogen-bond donors (Lipinski definition) is 0. The maximum atomic E-state index is 4.87. The molecule has 18 heavy (non-hydrogen) atoms. The Kier molecular flexibility index (Phi) is 1.94. The number of fused-ring (bicyclic) bond motifs is 6. The molecule has 1 saturated carbocycles. The first-order valence-electron chi connectivity index (χ1n) is 6.69. The zero-order valence-electron chi connectivity index (χ0n) is 10.8. The molecule has 2 aliphatic carbocycles. The molecule has 2 unspecified atom stereocenters. The molecule has 1 aromatic carbocycles. The van der Waals surface area contributed by atoms with Crippen molar-refractivity contribution in [1.29, 1.82) is 0 Å². The lowest BCUT2D eigenvalue weighted by Gasteiger charge is -2.12. The minimum absolute atomic E-state index is 0.548. The summed E-state index contributed by atoms with van der Waals surface area (Å²) in [5.41, 5.74) is 7.64. The van der Waals surface area contributed by atoms with Gasteiger partial charge in [0.25, 0.3) is 0 Å². The Morgan fingerprint density at radius 2 is 1.44 bits per heavy atom. The van der Waals surface area contributed by atoms with Crippen LogP contribution in [0.4, 0.5) is 0 Å². The molecule has 0 spiro atoms. The number of nitrogens with zero attached hydrogens (tertiary/aromatic N) is 2. The van der Waals surface area contributed by atoms with E-state index >= 15 is 0 Å². The number of allylic oxidation sites excluding steroid dienone is 2. The molecule has 0 radical (unpaired) electrons. The van der Waals surface area contributed by atoms with Crippen molar-refractivity contribution in [3.05, 3.63) is 46.8 Å². The van der Waals surface area contributed by atoms with Crippen LogP contribution in [0.2, 0.25) is 0 Å². The fourth-order valence-electron chi connectivity index (χ4n) is 3.69. The first-order chi connectivity index (χ1) is 8.75. The van der Waals surface area contributed by atoms with E-state index < -0.39 is 0 Å². The first kappa shape index (κ1) is 10.2. The maximum Gasteiger partial charge on any atom is 0.0890 e. The smallest absolute Gasteiger partial charge is 0.0890 e. The third-order valence-electron chi connectivity index (χ3n) is 4.36. The standard InChI is InChI=1S/C16H16N2/c1-9(2)14-10-7-8-11(14)16-15(10)17-12-5-3-4-6-13(12)18-16/h3-6,10-11H,7-8H2,1-2H3. The van der Waals surface area contributed by atoms with Crippen molar-refractivity contribution in [2.45, 2.75) is 38.5 Å². The van der Waals surface area contributed by atoms with Gasteiger partial charge < -0.3 is 0 Å². The number of rotatable bonds is 0. The summed E-state index contributed by atoms with van der Waals surface area (Å²) in [7, 11) is 0. The molecule has 90 valence electrons. The molecule has 0 saturated heterocycles. The first-order valence-corrected chi connectivity index (χ1v) is 6.69. The molecule has 2 aromatic rings. The van der Waals surface area contributed by atoms with Gasteiger partial charge in [0.05, 0.1) is 22.4 Å². The van der Waals surface area contributed by atoms with Crippen molar-refractivity contribution in [1.82, 2.24) is 9.97 Å². The van der Waals surface area contributed by atoms with Crippen molar-refractivity contribution in [3.8, 4) is 0 Å². The van der Waals surface area contributed by atoms with Gasteiger partial charge in [-0.25, -0.2) is 9.97 Å². The molecular formula is C16H16N2. The van der Waals surface area contributed by atoms with Gasteiger partial charge in [-0.3, -0.25) is 0 Å². The Labute approximate surface area is 107 Å². The lowest BCUT2D eigenvalue weighted by molar-refractivity contribution is 0.685. The quantitative estimate of drug-likeness (QED) is 0.647. The predicted molar refractivity (Wildman–Crippen MR) is 72.6 cm³/mol. The summed E-state index contributed by atoms with van der Waals surface area (Å²) in [6.45, 7) is 4.46. The highest BCUT2D eigenvalue weighted by molar-refractivity contribution is 5.75. The number of aromatic nitrogens is 2. The van der Waals surface area contributed by atoms with Crippen molar-refractivity contribution in [2.24, 2.45) is 0 Å². The van der Waals surface area contributed by atoms with Gasteiger partial charge in [-0.15, -0.1) is 0 Å². The van der Waals surface area contributed by atoms with Gasteiger partial charge in [0, 0.05) is 11.8 Å². The Morgan fingerprint density at radius 3 is 1.89 bits per heavy atom. The summed E-state index contributed by atoms with van der Waals surface area (Å²) in [5, 5.41) is 0. The Bertz CT molecular complexity index is 628. The fraction of sp³-hybridized carbons (Fsp3) is 0.375. The molecule has 1 fully saturated rings. The number of para-hydroxylation sites is 2.